The van der Waals surface area contributed by atoms with Crippen LogP contribution >= 0.6 is 0 Å². The minimum Gasteiger partial charge on any atom is -0.478 e. The molecule has 0 amide bonds. The minimum absolute atomic E-state index is 0.295. The second kappa shape index (κ2) is 5.78. The first-order chi connectivity index (χ1) is 9.49. The number of carbonyl (C=O) groups is 1. The zero-order valence-corrected chi connectivity index (χ0v) is 12.0. The number of hydrogen-bond acceptors (Lipinski definition) is 2. The Morgan fingerprint density at radius 1 is 1.10 bits per heavy atom. The predicted molar refractivity (Wildman–Crippen MR) is 82.0 cm³/mol. The highest BCUT2D eigenvalue weighted by molar-refractivity contribution is 5.95. The molecule has 2 aromatic rings. The summed E-state index contributed by atoms with van der Waals surface area (Å²) in [5.41, 5.74) is 3.98. The molecule has 2 rings (SSSR count). The Bertz CT molecular complexity index is 633. The highest BCUT2D eigenvalue weighted by atomic mass is 16.4. The number of hydrogen-bond donors (Lipinski definition) is 2. The molecule has 0 atom stereocenters. The Morgan fingerprint density at radius 2 is 1.80 bits per heavy atom. The van der Waals surface area contributed by atoms with E-state index in [1.54, 1.807) is 6.07 Å². The van der Waals surface area contributed by atoms with Crippen LogP contribution in [0.1, 0.15) is 41.3 Å². The average Bonchev–Trinajstić information content (AvgIpc) is 2.41. The van der Waals surface area contributed by atoms with Crippen LogP contribution in [0.15, 0.2) is 42.5 Å². The molecule has 0 heterocycles. The van der Waals surface area contributed by atoms with Gasteiger partial charge in [-0.1, -0.05) is 43.7 Å². The molecule has 0 bridgehead atoms. The minimum atomic E-state index is -0.918. The van der Waals surface area contributed by atoms with E-state index in [1.165, 1.54) is 5.56 Å². The Hall–Kier alpha value is -2.29. The molecule has 0 saturated carbocycles. The monoisotopic (exact) mass is 269 g/mol. The number of benzene rings is 2. The summed E-state index contributed by atoms with van der Waals surface area (Å²) in [4.78, 5) is 11.3. The lowest BCUT2D eigenvalue weighted by Crippen LogP contribution is -2.05. The van der Waals surface area contributed by atoms with Gasteiger partial charge in [0.05, 0.1) is 11.3 Å². The summed E-state index contributed by atoms with van der Waals surface area (Å²) < 4.78 is 0. The van der Waals surface area contributed by atoms with Crippen molar-refractivity contribution in [3.63, 3.8) is 0 Å². The number of aryl methyl sites for hydroxylation is 1. The van der Waals surface area contributed by atoms with E-state index in [0.717, 1.165) is 11.3 Å². The summed E-state index contributed by atoms with van der Waals surface area (Å²) in [6.45, 7) is 6.12. The smallest absolute Gasteiger partial charge is 0.337 e. The lowest BCUT2D eigenvalue weighted by Gasteiger charge is -2.16. The summed E-state index contributed by atoms with van der Waals surface area (Å²) in [6.07, 6.45) is 0. The van der Waals surface area contributed by atoms with Gasteiger partial charge in [0.25, 0.3) is 0 Å². The molecule has 0 spiro atoms. The first-order valence-corrected chi connectivity index (χ1v) is 6.69. The Kier molecular flexibility index (Phi) is 4.08. The number of para-hydroxylation sites is 1. The summed E-state index contributed by atoms with van der Waals surface area (Å²) in [7, 11) is 0. The van der Waals surface area contributed by atoms with Crippen molar-refractivity contribution in [1.82, 2.24) is 0 Å². The van der Waals surface area contributed by atoms with Gasteiger partial charge in [0.1, 0.15) is 0 Å². The van der Waals surface area contributed by atoms with Crippen LogP contribution in [-0.4, -0.2) is 11.1 Å². The molecule has 0 radical (unpaired) electrons. The number of anilines is 2. The highest BCUT2D eigenvalue weighted by Crippen LogP contribution is 2.28. The molecule has 104 valence electrons. The average molecular weight is 269 g/mol. The lowest BCUT2D eigenvalue weighted by atomic mass is 10.0. The third kappa shape index (κ3) is 2.99. The van der Waals surface area contributed by atoms with Crippen LogP contribution in [0, 0.1) is 6.92 Å². The SMILES string of the molecule is Cc1ccc(Nc2ccccc2C(C)C)c(C(=O)O)c1. The van der Waals surface area contributed by atoms with E-state index < -0.39 is 5.97 Å². The molecule has 2 aromatic carbocycles. The van der Waals surface area contributed by atoms with Crippen molar-refractivity contribution in [3.05, 3.63) is 59.2 Å². The summed E-state index contributed by atoms with van der Waals surface area (Å²) >= 11 is 0. The van der Waals surface area contributed by atoms with Gasteiger partial charge in [-0.2, -0.15) is 0 Å². The fourth-order valence-corrected chi connectivity index (χ4v) is 2.20. The van der Waals surface area contributed by atoms with E-state index in [4.69, 9.17) is 0 Å². The largest absolute Gasteiger partial charge is 0.478 e. The zero-order valence-electron chi connectivity index (χ0n) is 12.0. The van der Waals surface area contributed by atoms with Crippen LogP contribution in [0.5, 0.6) is 0 Å². The fourth-order valence-electron chi connectivity index (χ4n) is 2.20. The molecule has 0 aromatic heterocycles. The van der Waals surface area contributed by atoms with Gasteiger partial charge in [-0.15, -0.1) is 0 Å². The van der Waals surface area contributed by atoms with Gasteiger partial charge in [0, 0.05) is 5.69 Å². The lowest BCUT2D eigenvalue weighted by molar-refractivity contribution is 0.0698. The third-order valence-corrected chi connectivity index (χ3v) is 3.26. The van der Waals surface area contributed by atoms with E-state index in [0.29, 0.717) is 17.2 Å². The van der Waals surface area contributed by atoms with E-state index in [9.17, 15) is 9.90 Å². The molecule has 20 heavy (non-hydrogen) atoms. The predicted octanol–water partition coefficient (Wildman–Crippen LogP) is 4.56. The topological polar surface area (TPSA) is 49.3 Å². The van der Waals surface area contributed by atoms with E-state index >= 15 is 0 Å². The molecule has 0 fully saturated rings. The molecule has 2 N–H and O–H groups in total. The van der Waals surface area contributed by atoms with Crippen molar-refractivity contribution in [1.29, 1.82) is 0 Å². The van der Waals surface area contributed by atoms with Crippen LogP contribution in [0.25, 0.3) is 0 Å². The summed E-state index contributed by atoms with van der Waals surface area (Å²) in [5.74, 6) is -0.546. The Labute approximate surface area is 119 Å². The van der Waals surface area contributed by atoms with Crippen LogP contribution < -0.4 is 5.32 Å². The van der Waals surface area contributed by atoms with E-state index in [1.807, 2.05) is 37.3 Å². The molecule has 0 aliphatic heterocycles. The second-order valence-electron chi connectivity index (χ2n) is 5.22. The normalized spacial score (nSPS) is 10.6. The highest BCUT2D eigenvalue weighted by Gasteiger charge is 2.12. The maximum Gasteiger partial charge on any atom is 0.337 e. The second-order valence-corrected chi connectivity index (χ2v) is 5.22. The quantitative estimate of drug-likeness (QED) is 0.855. The van der Waals surface area contributed by atoms with Gasteiger partial charge in [0.15, 0.2) is 0 Å². The Morgan fingerprint density at radius 3 is 2.45 bits per heavy atom. The maximum atomic E-state index is 11.3. The van der Waals surface area contributed by atoms with Crippen molar-refractivity contribution in [2.45, 2.75) is 26.7 Å². The molecule has 3 nitrogen and oxygen atoms in total. The number of rotatable bonds is 4. The molecule has 0 unspecified atom stereocenters. The van der Waals surface area contributed by atoms with Gasteiger partial charge in [-0.25, -0.2) is 4.79 Å². The molecule has 3 heteroatoms. The third-order valence-electron chi connectivity index (χ3n) is 3.26. The molecular weight excluding hydrogens is 250 g/mol. The van der Waals surface area contributed by atoms with Gasteiger partial charge < -0.3 is 10.4 Å². The number of carboxylic acids is 1. The molecular formula is C17H19NO2. The summed E-state index contributed by atoms with van der Waals surface area (Å²) in [6, 6.07) is 13.4. The van der Waals surface area contributed by atoms with Crippen LogP contribution in [0.2, 0.25) is 0 Å². The molecule has 0 aliphatic carbocycles. The van der Waals surface area contributed by atoms with Crippen molar-refractivity contribution < 1.29 is 9.90 Å². The van der Waals surface area contributed by atoms with E-state index in [2.05, 4.69) is 25.2 Å². The summed E-state index contributed by atoms with van der Waals surface area (Å²) in [5, 5.41) is 12.6. The van der Waals surface area contributed by atoms with Crippen molar-refractivity contribution in [2.75, 3.05) is 5.32 Å². The van der Waals surface area contributed by atoms with Crippen LogP contribution in [-0.2, 0) is 0 Å². The van der Waals surface area contributed by atoms with E-state index in [-0.39, 0.29) is 0 Å². The number of carboxylic acid groups (broad SMARTS) is 1. The van der Waals surface area contributed by atoms with Gasteiger partial charge >= 0.3 is 5.97 Å². The van der Waals surface area contributed by atoms with Crippen molar-refractivity contribution in [2.24, 2.45) is 0 Å². The number of nitrogens with one attached hydrogen (secondary N) is 1. The van der Waals surface area contributed by atoms with Crippen molar-refractivity contribution >= 4 is 17.3 Å². The maximum absolute atomic E-state index is 11.3. The van der Waals surface area contributed by atoms with Gasteiger partial charge in [-0.05, 0) is 36.6 Å². The molecule has 0 saturated heterocycles. The van der Waals surface area contributed by atoms with Crippen molar-refractivity contribution in [3.8, 4) is 0 Å². The first-order valence-electron chi connectivity index (χ1n) is 6.69. The van der Waals surface area contributed by atoms with Gasteiger partial charge in [0.2, 0.25) is 0 Å². The first kappa shape index (κ1) is 14.1. The number of aromatic carboxylic acids is 1. The standard InChI is InChI=1S/C17H19NO2/c1-11(2)13-6-4-5-7-15(13)18-16-9-8-12(3)10-14(16)17(19)20/h4-11,18H,1-3H3,(H,19,20). The zero-order chi connectivity index (χ0) is 14.7. The van der Waals surface area contributed by atoms with Crippen LogP contribution in [0.4, 0.5) is 11.4 Å². The van der Waals surface area contributed by atoms with Crippen LogP contribution in [0.3, 0.4) is 0 Å². The fraction of sp³-hybridized carbons (Fsp3) is 0.235. The Balaban J connectivity index is 2.43. The van der Waals surface area contributed by atoms with Gasteiger partial charge in [-0.3, -0.25) is 0 Å². The molecule has 0 aliphatic rings.